The predicted octanol–water partition coefficient (Wildman–Crippen LogP) is 2.06. The normalized spacial score (nSPS) is 16.6. The Hall–Kier alpha value is -0.940. The fourth-order valence-corrected chi connectivity index (χ4v) is 2.21. The third kappa shape index (κ3) is 3.04. The number of nitrogens with two attached hydrogens (primary N) is 1. The molecule has 0 heterocycles. The number of halogens is 2. The number of rotatable bonds is 4. The van der Waals surface area contributed by atoms with E-state index in [4.69, 9.17) is 5.73 Å². The van der Waals surface area contributed by atoms with E-state index in [1.807, 2.05) is 0 Å². The smallest absolute Gasteiger partial charge is 0.252 e. The number of amides is 1. The molecule has 1 amide bonds. The number of hydrogen-bond donors (Lipinski definition) is 2. The van der Waals surface area contributed by atoms with Gasteiger partial charge in [0.15, 0.2) is 0 Å². The first kappa shape index (κ1) is 12.5. The topological polar surface area (TPSA) is 55.1 Å². The van der Waals surface area contributed by atoms with E-state index in [0.29, 0.717) is 22.5 Å². The molecule has 0 radical (unpaired) electrons. The largest absolute Gasteiger partial charge is 0.348 e. The zero-order chi connectivity index (χ0) is 12.4. The maximum Gasteiger partial charge on any atom is 0.252 e. The van der Waals surface area contributed by atoms with Crippen LogP contribution in [0.15, 0.2) is 22.7 Å². The van der Waals surface area contributed by atoms with Crippen LogP contribution in [-0.4, -0.2) is 18.5 Å². The minimum atomic E-state index is -0.422. The number of nitrogens with one attached hydrogen (secondary N) is 1. The van der Waals surface area contributed by atoms with Gasteiger partial charge in [0.05, 0.1) is 5.56 Å². The molecule has 0 bridgehead atoms. The van der Waals surface area contributed by atoms with Crippen LogP contribution >= 0.6 is 15.9 Å². The van der Waals surface area contributed by atoms with E-state index in [-0.39, 0.29) is 11.9 Å². The van der Waals surface area contributed by atoms with Crippen molar-refractivity contribution in [1.82, 2.24) is 5.32 Å². The summed E-state index contributed by atoms with van der Waals surface area (Å²) >= 11 is 3.24. The van der Waals surface area contributed by atoms with Gasteiger partial charge in [0.2, 0.25) is 0 Å². The van der Waals surface area contributed by atoms with Crippen LogP contribution < -0.4 is 11.1 Å². The lowest BCUT2D eigenvalue weighted by Gasteiger charge is -2.16. The fraction of sp³-hybridized carbons (Fsp3) is 0.417. The number of benzene rings is 1. The fourth-order valence-electron chi connectivity index (χ4n) is 1.79. The van der Waals surface area contributed by atoms with Gasteiger partial charge in [-0.2, -0.15) is 0 Å². The monoisotopic (exact) mass is 300 g/mol. The van der Waals surface area contributed by atoms with Crippen molar-refractivity contribution in [2.24, 2.45) is 11.7 Å². The first-order valence-electron chi connectivity index (χ1n) is 5.58. The summed E-state index contributed by atoms with van der Waals surface area (Å²) in [5.41, 5.74) is 5.92. The Morgan fingerprint density at radius 3 is 2.88 bits per heavy atom. The van der Waals surface area contributed by atoms with Crippen LogP contribution in [0.25, 0.3) is 0 Å². The van der Waals surface area contributed by atoms with Gasteiger partial charge in [-0.3, -0.25) is 4.79 Å². The molecule has 2 rings (SSSR count). The Kier molecular flexibility index (Phi) is 3.79. The van der Waals surface area contributed by atoms with Crippen molar-refractivity contribution in [2.45, 2.75) is 18.9 Å². The van der Waals surface area contributed by atoms with Crippen molar-refractivity contribution in [3.05, 3.63) is 34.1 Å². The van der Waals surface area contributed by atoms with Gasteiger partial charge in [-0.1, -0.05) is 0 Å². The van der Waals surface area contributed by atoms with E-state index >= 15 is 0 Å². The average Bonchev–Trinajstić information content (AvgIpc) is 3.13. The molecule has 1 fully saturated rings. The molecule has 1 atom stereocenters. The Labute approximate surface area is 108 Å². The Bertz CT molecular complexity index is 435. The molecule has 5 heteroatoms. The standard InChI is InChI=1S/C12H14BrFN2O/c13-10-4-3-8(14)5-9(10)12(17)16-11(6-15)7-1-2-7/h3-5,7,11H,1-2,6,15H2,(H,16,17). The molecule has 3 N–H and O–H groups in total. The molecule has 0 aliphatic heterocycles. The maximum absolute atomic E-state index is 13.1. The number of carbonyl (C=O) groups is 1. The second kappa shape index (κ2) is 5.14. The molecular weight excluding hydrogens is 287 g/mol. The van der Waals surface area contributed by atoms with Crippen molar-refractivity contribution in [2.75, 3.05) is 6.54 Å². The van der Waals surface area contributed by atoms with E-state index in [1.54, 1.807) is 0 Å². The molecule has 1 aromatic carbocycles. The van der Waals surface area contributed by atoms with Crippen LogP contribution in [0.5, 0.6) is 0 Å². The SMILES string of the molecule is NCC(NC(=O)c1cc(F)ccc1Br)C1CC1. The summed E-state index contributed by atoms with van der Waals surface area (Å²) in [6.07, 6.45) is 2.21. The van der Waals surface area contributed by atoms with Crippen LogP contribution in [-0.2, 0) is 0 Å². The van der Waals surface area contributed by atoms with E-state index in [0.717, 1.165) is 12.8 Å². The van der Waals surface area contributed by atoms with Gasteiger partial charge in [0.25, 0.3) is 5.91 Å². The van der Waals surface area contributed by atoms with Gasteiger partial charge in [0.1, 0.15) is 5.82 Å². The minimum absolute atomic E-state index is 0.00216. The first-order valence-corrected chi connectivity index (χ1v) is 6.37. The maximum atomic E-state index is 13.1. The molecular formula is C12H14BrFN2O. The first-order chi connectivity index (χ1) is 8.11. The summed E-state index contributed by atoms with van der Waals surface area (Å²) in [7, 11) is 0. The van der Waals surface area contributed by atoms with Crippen LogP contribution in [0.4, 0.5) is 4.39 Å². The zero-order valence-electron chi connectivity index (χ0n) is 9.25. The highest BCUT2D eigenvalue weighted by atomic mass is 79.9. The van der Waals surface area contributed by atoms with E-state index < -0.39 is 5.82 Å². The van der Waals surface area contributed by atoms with Crippen LogP contribution in [0.3, 0.4) is 0 Å². The van der Waals surface area contributed by atoms with E-state index in [9.17, 15) is 9.18 Å². The summed E-state index contributed by atoms with van der Waals surface area (Å²) in [5.74, 6) is -0.218. The summed E-state index contributed by atoms with van der Waals surface area (Å²) in [6, 6.07) is 4.05. The van der Waals surface area contributed by atoms with Gasteiger partial charge < -0.3 is 11.1 Å². The highest BCUT2D eigenvalue weighted by Crippen LogP contribution is 2.32. The third-order valence-electron chi connectivity index (χ3n) is 2.93. The summed E-state index contributed by atoms with van der Waals surface area (Å²) in [6.45, 7) is 0.420. The quantitative estimate of drug-likeness (QED) is 0.894. The second-order valence-corrected chi connectivity index (χ2v) is 5.13. The van der Waals surface area contributed by atoms with Crippen LogP contribution in [0, 0.1) is 11.7 Å². The van der Waals surface area contributed by atoms with Crippen LogP contribution in [0.2, 0.25) is 0 Å². The van der Waals surface area contributed by atoms with Crippen molar-refractivity contribution in [1.29, 1.82) is 0 Å². The zero-order valence-corrected chi connectivity index (χ0v) is 10.8. The lowest BCUT2D eigenvalue weighted by molar-refractivity contribution is 0.0932. The van der Waals surface area contributed by atoms with Gasteiger partial charge in [-0.15, -0.1) is 0 Å². The van der Waals surface area contributed by atoms with E-state index in [1.165, 1.54) is 18.2 Å². The third-order valence-corrected chi connectivity index (χ3v) is 3.63. The van der Waals surface area contributed by atoms with Crippen molar-refractivity contribution < 1.29 is 9.18 Å². The van der Waals surface area contributed by atoms with E-state index in [2.05, 4.69) is 21.2 Å². The predicted molar refractivity (Wildman–Crippen MR) is 67.1 cm³/mol. The minimum Gasteiger partial charge on any atom is -0.348 e. The van der Waals surface area contributed by atoms with Crippen molar-refractivity contribution >= 4 is 21.8 Å². The van der Waals surface area contributed by atoms with Gasteiger partial charge in [0, 0.05) is 17.1 Å². The highest BCUT2D eigenvalue weighted by molar-refractivity contribution is 9.10. The lowest BCUT2D eigenvalue weighted by atomic mass is 10.1. The Morgan fingerprint density at radius 2 is 2.29 bits per heavy atom. The molecule has 92 valence electrons. The number of carbonyl (C=O) groups excluding carboxylic acids is 1. The van der Waals surface area contributed by atoms with Crippen LogP contribution in [0.1, 0.15) is 23.2 Å². The molecule has 1 aliphatic carbocycles. The molecule has 17 heavy (non-hydrogen) atoms. The molecule has 1 saturated carbocycles. The van der Waals surface area contributed by atoms with Crippen molar-refractivity contribution in [3.63, 3.8) is 0 Å². The average molecular weight is 301 g/mol. The Balaban J connectivity index is 2.10. The van der Waals surface area contributed by atoms with Gasteiger partial charge >= 0.3 is 0 Å². The molecule has 0 saturated heterocycles. The summed E-state index contributed by atoms with van der Waals surface area (Å²) in [5, 5.41) is 2.85. The molecule has 1 aromatic rings. The second-order valence-electron chi connectivity index (χ2n) is 4.28. The van der Waals surface area contributed by atoms with Gasteiger partial charge in [-0.05, 0) is 52.9 Å². The molecule has 0 aromatic heterocycles. The lowest BCUT2D eigenvalue weighted by Crippen LogP contribution is -2.41. The van der Waals surface area contributed by atoms with Crippen molar-refractivity contribution in [3.8, 4) is 0 Å². The molecule has 3 nitrogen and oxygen atoms in total. The van der Waals surface area contributed by atoms with Gasteiger partial charge in [-0.25, -0.2) is 4.39 Å². The molecule has 0 spiro atoms. The highest BCUT2D eigenvalue weighted by Gasteiger charge is 2.31. The molecule has 1 aliphatic rings. The molecule has 1 unspecified atom stereocenters. The summed E-state index contributed by atoms with van der Waals surface area (Å²) in [4.78, 5) is 12.0. The number of hydrogen-bond acceptors (Lipinski definition) is 2. The summed E-state index contributed by atoms with van der Waals surface area (Å²) < 4.78 is 13.7. The Morgan fingerprint density at radius 1 is 1.59 bits per heavy atom.